The molecule has 0 spiro atoms. The minimum atomic E-state index is -0.959. The molecule has 0 radical (unpaired) electrons. The molecule has 0 bridgehead atoms. The highest BCUT2D eigenvalue weighted by molar-refractivity contribution is 5.88. The molecule has 1 aromatic heterocycles. The van der Waals surface area contributed by atoms with Gasteiger partial charge in [0.25, 0.3) is 0 Å². The van der Waals surface area contributed by atoms with Gasteiger partial charge in [-0.1, -0.05) is 19.9 Å². The number of carboxylic acids is 1. The molecule has 0 unspecified atom stereocenters. The minimum absolute atomic E-state index is 0.226. The summed E-state index contributed by atoms with van der Waals surface area (Å²) in [6.07, 6.45) is 3.53. The molecule has 2 rings (SSSR count). The molecule has 5 nitrogen and oxygen atoms in total. The van der Waals surface area contributed by atoms with Crippen molar-refractivity contribution in [2.75, 3.05) is 5.32 Å². The van der Waals surface area contributed by atoms with Gasteiger partial charge in [-0.05, 0) is 29.7 Å². The van der Waals surface area contributed by atoms with E-state index in [1.54, 1.807) is 30.6 Å². The van der Waals surface area contributed by atoms with Crippen molar-refractivity contribution >= 4 is 17.6 Å². The smallest absolute Gasteiger partial charge is 0.335 e. The summed E-state index contributed by atoms with van der Waals surface area (Å²) >= 11 is 0. The van der Waals surface area contributed by atoms with Crippen LogP contribution in [-0.4, -0.2) is 21.0 Å². The molecule has 19 heavy (non-hydrogen) atoms. The molecule has 0 fully saturated rings. The number of nitrogens with zero attached hydrogens (tertiary/aromatic N) is 2. The van der Waals surface area contributed by atoms with Crippen molar-refractivity contribution in [2.24, 2.45) is 0 Å². The van der Waals surface area contributed by atoms with Gasteiger partial charge in [0.05, 0.1) is 5.56 Å². The largest absolute Gasteiger partial charge is 0.478 e. The van der Waals surface area contributed by atoms with Crippen LogP contribution in [0, 0.1) is 0 Å². The van der Waals surface area contributed by atoms with Gasteiger partial charge >= 0.3 is 5.97 Å². The lowest BCUT2D eigenvalue weighted by atomic mass is 10.1. The molecule has 2 N–H and O–H groups in total. The van der Waals surface area contributed by atoms with E-state index in [9.17, 15) is 4.79 Å². The number of aromatic carboxylic acids is 1. The summed E-state index contributed by atoms with van der Waals surface area (Å²) in [5.41, 5.74) is 1.94. The SMILES string of the molecule is CC(C)c1cnc(Nc2cccc(C(=O)O)c2)nc1. The van der Waals surface area contributed by atoms with Crippen LogP contribution in [0.25, 0.3) is 0 Å². The van der Waals surface area contributed by atoms with Gasteiger partial charge in [0.1, 0.15) is 0 Å². The standard InChI is InChI=1S/C14H15N3O2/c1-9(2)11-7-15-14(16-8-11)17-12-5-3-4-10(6-12)13(18)19/h3-9H,1-2H3,(H,18,19)(H,15,16,17). The Hall–Kier alpha value is -2.43. The molecule has 0 amide bonds. The molecule has 0 aliphatic carbocycles. The zero-order valence-corrected chi connectivity index (χ0v) is 10.8. The van der Waals surface area contributed by atoms with E-state index in [-0.39, 0.29) is 5.56 Å². The average molecular weight is 257 g/mol. The van der Waals surface area contributed by atoms with Gasteiger partial charge in [-0.15, -0.1) is 0 Å². The van der Waals surface area contributed by atoms with E-state index in [0.29, 0.717) is 17.6 Å². The lowest BCUT2D eigenvalue weighted by Crippen LogP contribution is -2.01. The van der Waals surface area contributed by atoms with E-state index in [1.807, 2.05) is 0 Å². The highest BCUT2D eigenvalue weighted by Crippen LogP contribution is 2.16. The van der Waals surface area contributed by atoms with Gasteiger partial charge in [0, 0.05) is 18.1 Å². The fourth-order valence-corrected chi connectivity index (χ4v) is 1.56. The number of carbonyl (C=O) groups is 1. The monoisotopic (exact) mass is 257 g/mol. The van der Waals surface area contributed by atoms with E-state index in [4.69, 9.17) is 5.11 Å². The molecule has 0 atom stereocenters. The summed E-state index contributed by atoms with van der Waals surface area (Å²) < 4.78 is 0. The Morgan fingerprint density at radius 3 is 2.53 bits per heavy atom. The Labute approximate surface area is 111 Å². The summed E-state index contributed by atoms with van der Waals surface area (Å²) in [7, 11) is 0. The van der Waals surface area contributed by atoms with E-state index >= 15 is 0 Å². The molecule has 1 heterocycles. The van der Waals surface area contributed by atoms with Crippen LogP contribution in [-0.2, 0) is 0 Å². The van der Waals surface area contributed by atoms with Gasteiger partial charge in [-0.3, -0.25) is 0 Å². The van der Waals surface area contributed by atoms with Crippen molar-refractivity contribution in [3.05, 3.63) is 47.8 Å². The van der Waals surface area contributed by atoms with Gasteiger partial charge in [-0.2, -0.15) is 0 Å². The second-order valence-corrected chi connectivity index (χ2v) is 4.51. The number of aromatic nitrogens is 2. The second-order valence-electron chi connectivity index (χ2n) is 4.51. The summed E-state index contributed by atoms with van der Waals surface area (Å²) in [5.74, 6) is -0.129. The lowest BCUT2D eigenvalue weighted by Gasteiger charge is -2.07. The van der Waals surface area contributed by atoms with Crippen LogP contribution < -0.4 is 5.32 Å². The number of hydrogen-bond donors (Lipinski definition) is 2. The summed E-state index contributed by atoms with van der Waals surface area (Å²) in [4.78, 5) is 19.3. The molecule has 5 heteroatoms. The van der Waals surface area contributed by atoms with Gasteiger partial charge in [0.2, 0.25) is 5.95 Å². The van der Waals surface area contributed by atoms with E-state index in [1.165, 1.54) is 6.07 Å². The third kappa shape index (κ3) is 3.28. The predicted octanol–water partition coefficient (Wildman–Crippen LogP) is 3.04. The first-order chi connectivity index (χ1) is 9.06. The summed E-state index contributed by atoms with van der Waals surface area (Å²) in [5, 5.41) is 11.9. The third-order valence-corrected chi connectivity index (χ3v) is 2.70. The van der Waals surface area contributed by atoms with Crippen LogP contribution in [0.1, 0.15) is 35.7 Å². The Kier molecular flexibility index (Phi) is 3.75. The van der Waals surface area contributed by atoms with Crippen LogP contribution in [0.3, 0.4) is 0 Å². The summed E-state index contributed by atoms with van der Waals surface area (Å²) in [6, 6.07) is 6.53. The first-order valence-corrected chi connectivity index (χ1v) is 5.98. The van der Waals surface area contributed by atoms with Crippen LogP contribution in [0.15, 0.2) is 36.7 Å². The topological polar surface area (TPSA) is 75.1 Å². The molecule has 0 aliphatic heterocycles. The van der Waals surface area contributed by atoms with Crippen molar-refractivity contribution in [1.29, 1.82) is 0 Å². The molecule has 2 aromatic rings. The van der Waals surface area contributed by atoms with E-state index in [2.05, 4.69) is 29.1 Å². The van der Waals surface area contributed by atoms with Gasteiger partial charge < -0.3 is 10.4 Å². The van der Waals surface area contributed by atoms with Crippen LogP contribution >= 0.6 is 0 Å². The summed E-state index contributed by atoms with van der Waals surface area (Å²) in [6.45, 7) is 4.14. The predicted molar refractivity (Wildman–Crippen MR) is 72.8 cm³/mol. The molecular formula is C14H15N3O2. The maximum atomic E-state index is 10.9. The van der Waals surface area contributed by atoms with Crippen LogP contribution in [0.5, 0.6) is 0 Å². The number of rotatable bonds is 4. The van der Waals surface area contributed by atoms with Crippen molar-refractivity contribution in [2.45, 2.75) is 19.8 Å². The quantitative estimate of drug-likeness (QED) is 0.880. The van der Waals surface area contributed by atoms with E-state index in [0.717, 1.165) is 5.56 Å². The van der Waals surface area contributed by atoms with Gasteiger partial charge in [-0.25, -0.2) is 14.8 Å². The number of benzene rings is 1. The van der Waals surface area contributed by atoms with Gasteiger partial charge in [0.15, 0.2) is 0 Å². The van der Waals surface area contributed by atoms with Crippen LogP contribution in [0.4, 0.5) is 11.6 Å². The molecular weight excluding hydrogens is 242 g/mol. The normalized spacial score (nSPS) is 10.5. The number of nitrogens with one attached hydrogen (secondary N) is 1. The lowest BCUT2D eigenvalue weighted by molar-refractivity contribution is 0.0697. The first-order valence-electron chi connectivity index (χ1n) is 5.98. The zero-order valence-electron chi connectivity index (χ0n) is 10.8. The second kappa shape index (κ2) is 5.48. The molecule has 0 saturated heterocycles. The molecule has 1 aromatic carbocycles. The fraction of sp³-hybridized carbons (Fsp3) is 0.214. The molecule has 98 valence electrons. The zero-order chi connectivity index (χ0) is 13.8. The van der Waals surface area contributed by atoms with Crippen molar-refractivity contribution in [3.63, 3.8) is 0 Å². The highest BCUT2D eigenvalue weighted by Gasteiger charge is 2.05. The Morgan fingerprint density at radius 2 is 1.95 bits per heavy atom. The number of hydrogen-bond acceptors (Lipinski definition) is 4. The maximum absolute atomic E-state index is 10.9. The molecule has 0 aliphatic rings. The minimum Gasteiger partial charge on any atom is -0.478 e. The Balaban J connectivity index is 2.16. The van der Waals surface area contributed by atoms with Crippen molar-refractivity contribution < 1.29 is 9.90 Å². The van der Waals surface area contributed by atoms with Crippen molar-refractivity contribution in [1.82, 2.24) is 9.97 Å². The number of carboxylic acid groups (broad SMARTS) is 1. The Bertz CT molecular complexity index is 579. The first kappa shape index (κ1) is 13.0. The maximum Gasteiger partial charge on any atom is 0.335 e. The number of anilines is 2. The highest BCUT2D eigenvalue weighted by atomic mass is 16.4. The average Bonchev–Trinajstić information content (AvgIpc) is 2.39. The van der Waals surface area contributed by atoms with E-state index < -0.39 is 5.97 Å². The van der Waals surface area contributed by atoms with Crippen molar-refractivity contribution in [3.8, 4) is 0 Å². The van der Waals surface area contributed by atoms with Crippen LogP contribution in [0.2, 0.25) is 0 Å². The Morgan fingerprint density at radius 1 is 1.26 bits per heavy atom. The molecule has 0 saturated carbocycles. The fourth-order valence-electron chi connectivity index (χ4n) is 1.56. The third-order valence-electron chi connectivity index (χ3n) is 2.70.